The van der Waals surface area contributed by atoms with Crippen LogP contribution in [0.3, 0.4) is 0 Å². The van der Waals surface area contributed by atoms with Gasteiger partial charge in [-0.05, 0) is 30.5 Å². The lowest BCUT2D eigenvalue weighted by Gasteiger charge is -2.20. The molecule has 1 aromatic rings. The predicted octanol–water partition coefficient (Wildman–Crippen LogP) is 2.29. The van der Waals surface area contributed by atoms with E-state index in [9.17, 15) is 9.90 Å². The van der Waals surface area contributed by atoms with Crippen molar-refractivity contribution in [1.29, 1.82) is 0 Å². The van der Waals surface area contributed by atoms with Crippen LogP contribution in [-0.4, -0.2) is 22.5 Å². The molecule has 1 aromatic carbocycles. The Morgan fingerprint density at radius 1 is 1.12 bits per heavy atom. The van der Waals surface area contributed by atoms with Crippen molar-refractivity contribution in [2.45, 2.75) is 32.2 Å². The monoisotopic (exact) mass is 219 g/mol. The van der Waals surface area contributed by atoms with E-state index in [1.54, 1.807) is 12.1 Å². The predicted molar refractivity (Wildman–Crippen MR) is 62.0 cm³/mol. The van der Waals surface area contributed by atoms with Gasteiger partial charge >= 0.3 is 0 Å². The first-order valence-electron chi connectivity index (χ1n) is 5.81. The number of aromatic hydroxyl groups is 1. The molecule has 0 aromatic heterocycles. The van der Waals surface area contributed by atoms with Crippen LogP contribution >= 0.6 is 0 Å². The number of rotatable bonds is 2. The van der Waals surface area contributed by atoms with Gasteiger partial charge in [0.1, 0.15) is 5.75 Å². The van der Waals surface area contributed by atoms with Crippen molar-refractivity contribution < 1.29 is 9.90 Å². The summed E-state index contributed by atoms with van der Waals surface area (Å²) in [6.07, 6.45) is 3.95. The van der Waals surface area contributed by atoms with E-state index in [1.807, 2.05) is 17.0 Å². The second-order valence-corrected chi connectivity index (χ2v) is 4.29. The number of hydrogen-bond donors (Lipinski definition) is 1. The lowest BCUT2D eigenvalue weighted by atomic mass is 10.2. The zero-order valence-electron chi connectivity index (χ0n) is 9.35. The lowest BCUT2D eigenvalue weighted by molar-refractivity contribution is -0.131. The van der Waals surface area contributed by atoms with Gasteiger partial charge in [-0.15, -0.1) is 0 Å². The van der Waals surface area contributed by atoms with Crippen LogP contribution in [0.25, 0.3) is 0 Å². The van der Waals surface area contributed by atoms with Gasteiger partial charge in [0.15, 0.2) is 0 Å². The van der Waals surface area contributed by atoms with Gasteiger partial charge in [-0.3, -0.25) is 4.79 Å². The van der Waals surface area contributed by atoms with Crippen LogP contribution in [-0.2, 0) is 11.3 Å². The zero-order valence-corrected chi connectivity index (χ0v) is 9.35. The van der Waals surface area contributed by atoms with E-state index < -0.39 is 0 Å². The van der Waals surface area contributed by atoms with Crippen molar-refractivity contribution in [2.24, 2.45) is 0 Å². The van der Waals surface area contributed by atoms with Gasteiger partial charge in [-0.25, -0.2) is 0 Å². The van der Waals surface area contributed by atoms with Crippen molar-refractivity contribution in [3.63, 3.8) is 0 Å². The third-order valence-electron chi connectivity index (χ3n) is 2.98. The van der Waals surface area contributed by atoms with Gasteiger partial charge in [0.2, 0.25) is 5.91 Å². The Morgan fingerprint density at radius 2 is 1.88 bits per heavy atom. The van der Waals surface area contributed by atoms with E-state index in [2.05, 4.69) is 0 Å². The molecule has 0 spiro atoms. The Hall–Kier alpha value is -1.51. The van der Waals surface area contributed by atoms with E-state index in [-0.39, 0.29) is 11.7 Å². The second kappa shape index (κ2) is 5.01. The summed E-state index contributed by atoms with van der Waals surface area (Å²) < 4.78 is 0. The molecule has 0 unspecified atom stereocenters. The van der Waals surface area contributed by atoms with Gasteiger partial charge in [0.25, 0.3) is 0 Å². The van der Waals surface area contributed by atoms with Crippen molar-refractivity contribution in [1.82, 2.24) is 4.90 Å². The molecule has 1 saturated heterocycles. The van der Waals surface area contributed by atoms with Gasteiger partial charge in [0.05, 0.1) is 0 Å². The Balaban J connectivity index is 2.02. The first kappa shape index (κ1) is 11.0. The highest BCUT2D eigenvalue weighted by molar-refractivity contribution is 5.76. The molecule has 0 atom stereocenters. The molecule has 3 heteroatoms. The van der Waals surface area contributed by atoms with E-state index in [4.69, 9.17) is 0 Å². The minimum absolute atomic E-state index is 0.255. The Morgan fingerprint density at radius 3 is 2.62 bits per heavy atom. The smallest absolute Gasteiger partial charge is 0.222 e. The van der Waals surface area contributed by atoms with E-state index in [1.165, 1.54) is 0 Å². The molecule has 0 bridgehead atoms. The van der Waals surface area contributed by atoms with E-state index in [0.717, 1.165) is 31.4 Å². The largest absolute Gasteiger partial charge is 0.508 e. The fourth-order valence-corrected chi connectivity index (χ4v) is 2.03. The first-order valence-corrected chi connectivity index (χ1v) is 5.81. The number of phenolic OH excluding ortho intramolecular Hbond substituents is 1. The number of hydrogen-bond acceptors (Lipinski definition) is 2. The normalized spacial score (nSPS) is 17.2. The molecule has 1 aliphatic heterocycles. The SMILES string of the molecule is O=C1CCCCCN1Cc1ccc(O)cc1. The van der Waals surface area contributed by atoms with E-state index in [0.29, 0.717) is 13.0 Å². The molecule has 0 aliphatic carbocycles. The molecule has 3 nitrogen and oxygen atoms in total. The molecule has 1 heterocycles. The highest BCUT2D eigenvalue weighted by Gasteiger charge is 2.16. The third kappa shape index (κ3) is 2.75. The molecule has 1 amide bonds. The number of benzene rings is 1. The van der Waals surface area contributed by atoms with Crippen LogP contribution in [0.5, 0.6) is 5.75 Å². The summed E-state index contributed by atoms with van der Waals surface area (Å²) in [5.41, 5.74) is 1.08. The Bertz CT molecular complexity index is 359. The highest BCUT2D eigenvalue weighted by Crippen LogP contribution is 2.16. The molecule has 0 radical (unpaired) electrons. The lowest BCUT2D eigenvalue weighted by Crippen LogP contribution is -2.29. The maximum Gasteiger partial charge on any atom is 0.222 e. The quantitative estimate of drug-likeness (QED) is 0.829. The van der Waals surface area contributed by atoms with Crippen molar-refractivity contribution in [2.75, 3.05) is 6.54 Å². The molecule has 16 heavy (non-hydrogen) atoms. The van der Waals surface area contributed by atoms with Gasteiger partial charge in [-0.1, -0.05) is 18.6 Å². The second-order valence-electron chi connectivity index (χ2n) is 4.29. The van der Waals surface area contributed by atoms with Crippen LogP contribution in [0, 0.1) is 0 Å². The number of carbonyl (C=O) groups is 1. The number of amides is 1. The fraction of sp³-hybridized carbons (Fsp3) is 0.462. The van der Waals surface area contributed by atoms with Crippen molar-refractivity contribution in [3.8, 4) is 5.75 Å². The summed E-state index contributed by atoms with van der Waals surface area (Å²) in [6, 6.07) is 7.07. The van der Waals surface area contributed by atoms with Gasteiger partial charge in [-0.2, -0.15) is 0 Å². The average molecular weight is 219 g/mol. The topological polar surface area (TPSA) is 40.5 Å². The molecular formula is C13H17NO2. The summed E-state index contributed by atoms with van der Waals surface area (Å²) in [7, 11) is 0. The standard InChI is InChI=1S/C13H17NO2/c15-12-7-5-11(6-8-12)10-14-9-3-1-2-4-13(14)16/h5-8,15H,1-4,9-10H2. The molecule has 86 valence electrons. The summed E-state index contributed by atoms with van der Waals surface area (Å²) in [4.78, 5) is 13.7. The average Bonchev–Trinajstić information content (AvgIpc) is 2.48. The summed E-state index contributed by atoms with van der Waals surface area (Å²) in [5.74, 6) is 0.525. The summed E-state index contributed by atoms with van der Waals surface area (Å²) >= 11 is 0. The van der Waals surface area contributed by atoms with Gasteiger partial charge in [0, 0.05) is 19.5 Å². The minimum Gasteiger partial charge on any atom is -0.508 e. The fourth-order valence-electron chi connectivity index (χ4n) is 2.03. The van der Waals surface area contributed by atoms with Crippen molar-refractivity contribution in [3.05, 3.63) is 29.8 Å². The number of phenols is 1. The minimum atomic E-state index is 0.255. The van der Waals surface area contributed by atoms with Crippen LogP contribution in [0.4, 0.5) is 0 Å². The maximum absolute atomic E-state index is 11.8. The third-order valence-corrected chi connectivity index (χ3v) is 2.98. The Kier molecular flexibility index (Phi) is 3.44. The molecular weight excluding hydrogens is 202 g/mol. The van der Waals surface area contributed by atoms with E-state index >= 15 is 0 Å². The first-order chi connectivity index (χ1) is 7.75. The zero-order chi connectivity index (χ0) is 11.4. The number of nitrogens with zero attached hydrogens (tertiary/aromatic N) is 1. The maximum atomic E-state index is 11.8. The molecule has 1 N–H and O–H groups in total. The van der Waals surface area contributed by atoms with Crippen LogP contribution in [0.2, 0.25) is 0 Å². The summed E-state index contributed by atoms with van der Waals surface area (Å²) in [5, 5.41) is 9.18. The van der Waals surface area contributed by atoms with Crippen LogP contribution in [0.1, 0.15) is 31.2 Å². The molecule has 1 aliphatic rings. The van der Waals surface area contributed by atoms with Gasteiger partial charge < -0.3 is 10.0 Å². The molecule has 0 saturated carbocycles. The summed E-state index contributed by atoms with van der Waals surface area (Å²) in [6.45, 7) is 1.53. The molecule has 1 fully saturated rings. The number of likely N-dealkylation sites (tertiary alicyclic amines) is 1. The highest BCUT2D eigenvalue weighted by atomic mass is 16.3. The van der Waals surface area contributed by atoms with Crippen molar-refractivity contribution >= 4 is 5.91 Å². The Labute approximate surface area is 95.7 Å². The van der Waals surface area contributed by atoms with Crippen LogP contribution < -0.4 is 0 Å². The molecule has 2 rings (SSSR count). The number of carbonyl (C=O) groups excluding carboxylic acids is 1. The van der Waals surface area contributed by atoms with Crippen LogP contribution in [0.15, 0.2) is 24.3 Å².